The molecular formula is C64H125NO26P2. The van der Waals surface area contributed by atoms with Crippen LogP contribution in [-0.4, -0.2) is 234 Å². The largest absolute Gasteiger partial charge is 0.472 e. The quantitative estimate of drug-likeness (QED) is 0.0285. The van der Waals surface area contributed by atoms with Crippen molar-refractivity contribution in [2.45, 2.75) is 386 Å². The molecule has 2 aliphatic carbocycles. The van der Waals surface area contributed by atoms with Crippen LogP contribution in [0.5, 0.6) is 0 Å². The summed E-state index contributed by atoms with van der Waals surface area (Å²) in [6, 6.07) is -1.69. The Morgan fingerprint density at radius 2 is 0.710 bits per heavy atom. The van der Waals surface area contributed by atoms with E-state index in [2.05, 4.69) is 19.2 Å². The van der Waals surface area contributed by atoms with Crippen molar-refractivity contribution in [3.63, 3.8) is 0 Å². The third-order valence-electron chi connectivity index (χ3n) is 18.5. The second-order valence-electron chi connectivity index (χ2n) is 26.5. The lowest BCUT2D eigenvalue weighted by Crippen LogP contribution is -2.67. The van der Waals surface area contributed by atoms with E-state index in [1.54, 1.807) is 0 Å². The number of aliphatic hydroxyl groups is 15. The number of phosphoric acid groups is 2. The predicted molar refractivity (Wildman–Crippen MR) is 344 cm³/mol. The number of unbranched alkanes of at least 4 members (excludes halogenated alkanes) is 34. The van der Waals surface area contributed by atoms with E-state index < -0.39 is 163 Å². The summed E-state index contributed by atoms with van der Waals surface area (Å²) in [6.45, 7) is 2.08. The van der Waals surface area contributed by atoms with Gasteiger partial charge in [0, 0.05) is 0 Å². The zero-order valence-electron chi connectivity index (χ0n) is 55.6. The van der Waals surface area contributed by atoms with E-state index in [1.807, 2.05) is 0 Å². The minimum Gasteiger partial charge on any atom is -0.390 e. The molecule has 0 radical (unpaired) electrons. The zero-order valence-corrected chi connectivity index (χ0v) is 57.4. The number of phosphoric ester groups is 2. The highest BCUT2D eigenvalue weighted by molar-refractivity contribution is 7.47. The van der Waals surface area contributed by atoms with Gasteiger partial charge >= 0.3 is 15.6 Å². The molecule has 2 saturated carbocycles. The Hall–Kier alpha value is -0.990. The second kappa shape index (κ2) is 47.9. The monoisotopic (exact) mass is 1390 g/mol. The fraction of sp³-hybridized carbons (Fsp3) is 0.984. The lowest BCUT2D eigenvalue weighted by molar-refractivity contribution is -0.337. The number of amides is 1. The van der Waals surface area contributed by atoms with Crippen molar-refractivity contribution in [2.24, 2.45) is 0 Å². The first-order valence-corrected chi connectivity index (χ1v) is 38.4. The third kappa shape index (κ3) is 32.5. The van der Waals surface area contributed by atoms with Gasteiger partial charge in [-0.15, -0.1) is 0 Å². The maximum atomic E-state index is 13.8. The summed E-state index contributed by atoms with van der Waals surface area (Å²) in [5.41, 5.74) is 0. The Morgan fingerprint density at radius 1 is 0.398 bits per heavy atom. The highest BCUT2D eigenvalue weighted by Gasteiger charge is 2.56. The molecule has 14 unspecified atom stereocenters. The lowest BCUT2D eigenvalue weighted by atomic mass is 9.84. The highest BCUT2D eigenvalue weighted by Crippen LogP contribution is 2.49. The van der Waals surface area contributed by atoms with Gasteiger partial charge in [0.05, 0.1) is 25.4 Å². The first kappa shape index (κ1) is 86.2. The standard InChI is InChI=1S/C64H125NO26P2/c1-3-5-7-9-11-13-15-17-19-20-21-22-23-24-25-26-28-30-32-34-36-38-40-45(67)63(81)65-43(47(68)44(66)39-37-35-33-31-29-27-18-16-14-12-10-8-6-4-2)41-86-92(82,83)91-62-58(79)54(75)53(74)57(78)61(62)89-64-59(80)49(70)48(69)46(88-64)42-87-93(84,85)90-60-55(76)51(72)50(71)52(73)56(60)77/h43-62,64,66-80H,3-42H2,1-2H3,(H,65,81)(H,82,83)(H,84,85)/t43-,44+,45?,46+,47-,48+,49?,50?,51+,52?,53?,54?,55?,56?,57+,58?,59?,60?,61?,62-,64+/m0/s1. The summed E-state index contributed by atoms with van der Waals surface area (Å²) in [7, 11) is -11.2. The van der Waals surface area contributed by atoms with Gasteiger partial charge in [-0.25, -0.2) is 9.13 Å². The fourth-order valence-corrected chi connectivity index (χ4v) is 14.3. The summed E-state index contributed by atoms with van der Waals surface area (Å²) in [6.07, 6.45) is -2.00. The number of rotatable bonds is 54. The van der Waals surface area contributed by atoms with Crippen LogP contribution < -0.4 is 5.32 Å². The fourth-order valence-electron chi connectivity index (χ4n) is 12.4. The van der Waals surface area contributed by atoms with Crippen LogP contribution in [0.4, 0.5) is 0 Å². The molecular weight excluding hydrogens is 1260 g/mol. The molecule has 1 amide bonds. The van der Waals surface area contributed by atoms with Crippen molar-refractivity contribution in [1.82, 2.24) is 5.32 Å². The van der Waals surface area contributed by atoms with Gasteiger partial charge in [0.25, 0.3) is 0 Å². The van der Waals surface area contributed by atoms with E-state index in [-0.39, 0.29) is 12.8 Å². The minimum absolute atomic E-state index is 0.0372. The van der Waals surface area contributed by atoms with Crippen molar-refractivity contribution in [2.75, 3.05) is 13.2 Å². The van der Waals surface area contributed by atoms with Crippen molar-refractivity contribution in [3.05, 3.63) is 0 Å². The van der Waals surface area contributed by atoms with Gasteiger partial charge in [-0.2, -0.15) is 0 Å². The van der Waals surface area contributed by atoms with E-state index in [0.29, 0.717) is 19.3 Å². The molecule has 3 fully saturated rings. The van der Waals surface area contributed by atoms with E-state index in [0.717, 1.165) is 57.8 Å². The van der Waals surface area contributed by atoms with Gasteiger partial charge in [-0.05, 0) is 12.8 Å². The first-order valence-electron chi connectivity index (χ1n) is 35.4. The van der Waals surface area contributed by atoms with Gasteiger partial charge in [0.15, 0.2) is 6.29 Å². The Labute approximate surface area is 552 Å². The second-order valence-corrected chi connectivity index (χ2v) is 29.3. The van der Waals surface area contributed by atoms with E-state index in [1.165, 1.54) is 154 Å². The normalized spacial score (nSPS) is 31.2. The number of hydrogen-bond acceptors (Lipinski definition) is 24. The topological polar surface area (TPSA) is 463 Å². The van der Waals surface area contributed by atoms with Gasteiger partial charge in [0.1, 0.15) is 110 Å². The summed E-state index contributed by atoms with van der Waals surface area (Å²) in [5, 5.41) is 163. The van der Waals surface area contributed by atoms with Crippen LogP contribution in [0, 0.1) is 0 Å². The van der Waals surface area contributed by atoms with Crippen molar-refractivity contribution >= 4 is 21.6 Å². The SMILES string of the molecule is CCCCCCCCCCCCCCCCCCCCCCCCC(O)C(=O)N[C@@H](COP(=O)(O)O[C@H]1C(O)C(O)C(O)[C@@H](O)C1O[C@H]1O[C@H](COP(=O)(O)OC2C(O)C(O)C(O)[C@@H](O)C2O)[C@@H](O)C(O)C1O)[C@H](O)[C@H](O)CCCCCCCCCCCCCCCC. The minimum atomic E-state index is -5.69. The number of hydrogen-bond donors (Lipinski definition) is 18. The molecule has 1 heterocycles. The molecule has 1 aliphatic heterocycles. The molecule has 552 valence electrons. The molecule has 3 rings (SSSR count). The summed E-state index contributed by atoms with van der Waals surface area (Å²) < 4.78 is 57.9. The number of carbonyl (C=O) groups excluding carboxylic acids is 1. The van der Waals surface area contributed by atoms with Crippen LogP contribution >= 0.6 is 15.6 Å². The van der Waals surface area contributed by atoms with Crippen molar-refractivity contribution < 1.29 is 128 Å². The molecule has 93 heavy (non-hydrogen) atoms. The van der Waals surface area contributed by atoms with Crippen LogP contribution in [0.2, 0.25) is 0 Å². The van der Waals surface area contributed by atoms with Gasteiger partial charge in [-0.1, -0.05) is 245 Å². The third-order valence-corrected chi connectivity index (χ3v) is 20.5. The molecule has 29 heteroatoms. The number of carbonyl (C=O) groups is 1. The number of ether oxygens (including phenoxy) is 2. The Kier molecular flexibility index (Phi) is 44.5. The van der Waals surface area contributed by atoms with Crippen LogP contribution in [0.15, 0.2) is 0 Å². The molecule has 0 aromatic rings. The number of nitrogens with one attached hydrogen (secondary N) is 1. The maximum absolute atomic E-state index is 13.8. The Morgan fingerprint density at radius 3 is 1.11 bits per heavy atom. The average Bonchev–Trinajstić information content (AvgIpc) is 0.796. The zero-order chi connectivity index (χ0) is 68.9. The van der Waals surface area contributed by atoms with Gasteiger partial charge in [-0.3, -0.25) is 22.9 Å². The summed E-state index contributed by atoms with van der Waals surface area (Å²) in [5.74, 6) is -0.987. The number of aliphatic hydroxyl groups excluding tert-OH is 15. The summed E-state index contributed by atoms with van der Waals surface area (Å²) in [4.78, 5) is 35.1. The molecule has 0 bridgehead atoms. The highest BCUT2D eigenvalue weighted by atomic mass is 31.2. The Balaban J connectivity index is 1.59. The average molecular weight is 1390 g/mol. The predicted octanol–water partition coefficient (Wildman–Crippen LogP) is 4.89. The van der Waals surface area contributed by atoms with Crippen LogP contribution in [0.1, 0.15) is 258 Å². The van der Waals surface area contributed by atoms with Gasteiger partial charge in [0.2, 0.25) is 5.91 Å². The van der Waals surface area contributed by atoms with Gasteiger partial charge < -0.3 is 101 Å². The molecule has 0 spiro atoms. The molecule has 27 nitrogen and oxygen atoms in total. The smallest absolute Gasteiger partial charge is 0.390 e. The van der Waals surface area contributed by atoms with E-state index in [9.17, 15) is 100 Å². The molecule has 23 atom stereocenters. The Bertz CT molecular complexity index is 2000. The van der Waals surface area contributed by atoms with Crippen molar-refractivity contribution in [1.29, 1.82) is 0 Å². The van der Waals surface area contributed by atoms with E-state index in [4.69, 9.17) is 27.6 Å². The summed E-state index contributed by atoms with van der Waals surface area (Å²) >= 11 is 0. The lowest BCUT2D eigenvalue weighted by Gasteiger charge is -2.47. The molecule has 3 aliphatic rings. The van der Waals surface area contributed by atoms with E-state index >= 15 is 0 Å². The van der Waals surface area contributed by atoms with Crippen LogP contribution in [-0.2, 0) is 41.5 Å². The maximum Gasteiger partial charge on any atom is 0.472 e. The van der Waals surface area contributed by atoms with Crippen LogP contribution in [0.25, 0.3) is 0 Å². The molecule has 18 N–H and O–H groups in total. The first-order chi connectivity index (χ1) is 44.3. The van der Waals surface area contributed by atoms with Crippen LogP contribution in [0.3, 0.4) is 0 Å². The molecule has 0 aromatic carbocycles. The van der Waals surface area contributed by atoms with Crippen molar-refractivity contribution in [3.8, 4) is 0 Å². The molecule has 1 saturated heterocycles. The molecule has 0 aromatic heterocycles.